The van der Waals surface area contributed by atoms with Crippen LogP contribution in [0, 0.1) is 5.82 Å². The van der Waals surface area contributed by atoms with E-state index in [1.807, 2.05) is 0 Å². The predicted molar refractivity (Wildman–Crippen MR) is 114 cm³/mol. The molecule has 0 fully saturated rings. The molecule has 0 spiro atoms. The second-order valence-corrected chi connectivity index (χ2v) is 6.86. The number of nitrogens with two attached hydrogens (primary N) is 1. The van der Waals surface area contributed by atoms with Crippen LogP contribution in [0.15, 0.2) is 24.3 Å². The molecular formula is C21H23FN4O6. The van der Waals surface area contributed by atoms with Crippen LogP contribution in [0.1, 0.15) is 22.3 Å². The lowest BCUT2D eigenvalue weighted by Crippen LogP contribution is -2.26. The van der Waals surface area contributed by atoms with Crippen LogP contribution in [0.2, 0.25) is 0 Å². The number of anilines is 1. The highest BCUT2D eigenvalue weighted by molar-refractivity contribution is 5.95. The first kappa shape index (κ1) is 22.7. The Hall–Kier alpha value is -4.02. The highest BCUT2D eigenvalue weighted by Crippen LogP contribution is 2.39. The third-order valence-electron chi connectivity index (χ3n) is 4.78. The first-order valence-electron chi connectivity index (χ1n) is 9.54. The summed E-state index contributed by atoms with van der Waals surface area (Å²) in [7, 11) is 4.47. The van der Waals surface area contributed by atoms with Crippen LogP contribution in [0.5, 0.6) is 17.2 Å². The Morgan fingerprint density at radius 3 is 2.44 bits per heavy atom. The number of carbonyl (C=O) groups excluding carboxylic acids is 1. The highest BCUT2D eigenvalue weighted by atomic mass is 19.1. The molecule has 0 bridgehead atoms. The molecule has 0 radical (unpaired) electrons. The number of imidazole rings is 1. The summed E-state index contributed by atoms with van der Waals surface area (Å²) in [6.45, 7) is -0.0958. The van der Waals surface area contributed by atoms with Gasteiger partial charge in [-0.25, -0.2) is 9.37 Å². The molecule has 0 saturated carbocycles. The van der Waals surface area contributed by atoms with E-state index < -0.39 is 17.7 Å². The predicted octanol–water partition coefficient (Wildman–Crippen LogP) is 2.10. The van der Waals surface area contributed by atoms with E-state index >= 15 is 0 Å². The number of hydrogen-bond acceptors (Lipinski definition) is 7. The number of aromatic nitrogens is 2. The molecule has 0 atom stereocenters. The van der Waals surface area contributed by atoms with E-state index in [1.165, 1.54) is 38.5 Å². The zero-order valence-electron chi connectivity index (χ0n) is 17.8. The molecule has 0 saturated heterocycles. The maximum Gasteiger partial charge on any atom is 0.305 e. The van der Waals surface area contributed by atoms with E-state index in [0.29, 0.717) is 16.6 Å². The fourth-order valence-electron chi connectivity index (χ4n) is 3.14. The van der Waals surface area contributed by atoms with Crippen molar-refractivity contribution >= 4 is 28.9 Å². The molecule has 170 valence electrons. The number of aryl methyl sites for hydroxylation is 1. The van der Waals surface area contributed by atoms with Gasteiger partial charge in [0.05, 0.1) is 31.7 Å². The summed E-state index contributed by atoms with van der Waals surface area (Å²) < 4.78 is 32.3. The van der Waals surface area contributed by atoms with Crippen molar-refractivity contribution in [3.63, 3.8) is 0 Å². The monoisotopic (exact) mass is 446 g/mol. The number of carbonyl (C=O) groups is 2. The number of amides is 1. The Morgan fingerprint density at radius 1 is 1.19 bits per heavy atom. The normalized spacial score (nSPS) is 10.8. The lowest BCUT2D eigenvalue weighted by atomic mass is 10.1. The second kappa shape index (κ2) is 9.41. The van der Waals surface area contributed by atoms with Gasteiger partial charge in [-0.1, -0.05) is 0 Å². The summed E-state index contributed by atoms with van der Waals surface area (Å²) in [6.07, 6.45) is -0.207. The molecule has 0 aliphatic carbocycles. The smallest absolute Gasteiger partial charge is 0.305 e. The highest BCUT2D eigenvalue weighted by Gasteiger charge is 2.19. The minimum Gasteiger partial charge on any atom is -0.493 e. The van der Waals surface area contributed by atoms with E-state index in [2.05, 4.69) is 10.3 Å². The van der Waals surface area contributed by atoms with Crippen molar-refractivity contribution in [3.8, 4) is 17.2 Å². The molecular weight excluding hydrogens is 423 g/mol. The zero-order chi connectivity index (χ0) is 23.4. The number of nitrogens with one attached hydrogen (secondary N) is 1. The van der Waals surface area contributed by atoms with Crippen molar-refractivity contribution in [3.05, 3.63) is 41.2 Å². The van der Waals surface area contributed by atoms with E-state index in [9.17, 15) is 14.0 Å². The van der Waals surface area contributed by atoms with Gasteiger partial charge in [-0.15, -0.1) is 0 Å². The van der Waals surface area contributed by atoms with E-state index in [0.717, 1.165) is 0 Å². The number of aliphatic carboxylic acids is 1. The largest absolute Gasteiger partial charge is 0.493 e. The van der Waals surface area contributed by atoms with Crippen LogP contribution in [-0.4, -0.2) is 47.3 Å². The summed E-state index contributed by atoms with van der Waals surface area (Å²) in [5.41, 5.74) is 7.53. The topological polar surface area (TPSA) is 138 Å². The number of carboxylic acids is 1. The minimum absolute atomic E-state index is 0.0280. The summed E-state index contributed by atoms with van der Waals surface area (Å²) in [4.78, 5) is 27.2. The molecule has 0 aliphatic heterocycles. The number of carboxylic acid groups (broad SMARTS) is 1. The van der Waals surface area contributed by atoms with Crippen molar-refractivity contribution < 1.29 is 33.3 Å². The Morgan fingerprint density at radius 2 is 1.84 bits per heavy atom. The summed E-state index contributed by atoms with van der Waals surface area (Å²) in [5, 5.41) is 11.2. The lowest BCUT2D eigenvalue weighted by molar-refractivity contribution is -0.136. The van der Waals surface area contributed by atoms with Gasteiger partial charge in [-0.3, -0.25) is 9.59 Å². The van der Waals surface area contributed by atoms with E-state index in [-0.39, 0.29) is 48.3 Å². The quantitative estimate of drug-likeness (QED) is 0.454. The van der Waals surface area contributed by atoms with Gasteiger partial charge in [-0.2, -0.15) is 0 Å². The van der Waals surface area contributed by atoms with Gasteiger partial charge in [0.1, 0.15) is 12.4 Å². The number of fused-ring (bicyclic) bond motifs is 1. The van der Waals surface area contributed by atoms with Gasteiger partial charge in [-0.05, 0) is 24.3 Å². The number of nitrogens with zero attached hydrogens (tertiary/aromatic N) is 2. The first-order valence-corrected chi connectivity index (χ1v) is 9.54. The van der Waals surface area contributed by atoms with Crippen LogP contribution < -0.4 is 25.3 Å². The summed E-state index contributed by atoms with van der Waals surface area (Å²) >= 11 is 0. The fourth-order valence-corrected chi connectivity index (χ4v) is 3.14. The maximum atomic E-state index is 14.1. The summed E-state index contributed by atoms with van der Waals surface area (Å²) in [5.74, 6) is -1.12. The van der Waals surface area contributed by atoms with Crippen LogP contribution in [-0.2, 0) is 18.4 Å². The molecule has 1 aromatic heterocycles. The number of halogens is 1. The number of benzene rings is 2. The molecule has 32 heavy (non-hydrogen) atoms. The lowest BCUT2D eigenvalue weighted by Gasteiger charge is -2.16. The SMILES string of the molecule is COc1cc(C(=O)NCCC(=O)O)cc(OC)c1OCc1cc(F)cc2c1nc(N)n2C. The van der Waals surface area contributed by atoms with Crippen LogP contribution in [0.25, 0.3) is 11.0 Å². The van der Waals surface area contributed by atoms with Crippen molar-refractivity contribution in [2.45, 2.75) is 13.0 Å². The molecule has 2 aromatic carbocycles. The average molecular weight is 446 g/mol. The number of methoxy groups -OCH3 is 2. The standard InChI is InChI=1S/C21H23FN4O6/c1-26-14-9-13(22)6-12(18(14)25-21(26)23)10-32-19-15(30-2)7-11(8-16(19)31-3)20(29)24-5-4-17(27)28/h6-9H,4-5,10H2,1-3H3,(H2,23,25)(H,24,29)(H,27,28). The molecule has 3 rings (SSSR count). The minimum atomic E-state index is -1.02. The molecule has 3 aromatic rings. The van der Waals surface area contributed by atoms with Crippen molar-refractivity contribution in [1.82, 2.24) is 14.9 Å². The number of nitrogen functional groups attached to an aromatic ring is 1. The van der Waals surface area contributed by atoms with Gasteiger partial charge in [0, 0.05) is 24.7 Å². The van der Waals surface area contributed by atoms with Crippen molar-refractivity contribution in [2.75, 3.05) is 26.5 Å². The summed E-state index contributed by atoms with van der Waals surface area (Å²) in [6, 6.07) is 5.51. The number of hydrogen-bond donors (Lipinski definition) is 3. The molecule has 1 amide bonds. The number of rotatable bonds is 9. The van der Waals surface area contributed by atoms with Crippen LogP contribution in [0.3, 0.4) is 0 Å². The van der Waals surface area contributed by atoms with Crippen LogP contribution in [0.4, 0.5) is 10.3 Å². The fraction of sp³-hybridized carbons (Fsp3) is 0.286. The van der Waals surface area contributed by atoms with Gasteiger partial charge in [0.15, 0.2) is 11.5 Å². The van der Waals surface area contributed by atoms with Gasteiger partial charge >= 0.3 is 5.97 Å². The Balaban J connectivity index is 1.88. The molecule has 11 heteroatoms. The molecule has 10 nitrogen and oxygen atoms in total. The third kappa shape index (κ3) is 4.66. The number of ether oxygens (including phenoxy) is 3. The molecule has 1 heterocycles. The zero-order valence-corrected chi connectivity index (χ0v) is 17.8. The van der Waals surface area contributed by atoms with Gasteiger partial charge in [0.2, 0.25) is 11.7 Å². The maximum absolute atomic E-state index is 14.1. The second-order valence-electron chi connectivity index (χ2n) is 6.86. The average Bonchev–Trinajstić information content (AvgIpc) is 3.04. The Labute approximate surface area is 182 Å². The van der Waals surface area contributed by atoms with Gasteiger partial charge in [0.25, 0.3) is 5.91 Å². The Bertz CT molecular complexity index is 1150. The third-order valence-corrected chi connectivity index (χ3v) is 4.78. The van der Waals surface area contributed by atoms with E-state index in [1.54, 1.807) is 11.6 Å². The van der Waals surface area contributed by atoms with Crippen LogP contribution >= 0.6 is 0 Å². The van der Waals surface area contributed by atoms with Crippen molar-refractivity contribution in [2.24, 2.45) is 7.05 Å². The molecule has 4 N–H and O–H groups in total. The molecule has 0 aliphatic rings. The first-order chi connectivity index (χ1) is 15.2. The van der Waals surface area contributed by atoms with Crippen molar-refractivity contribution in [1.29, 1.82) is 0 Å². The van der Waals surface area contributed by atoms with E-state index in [4.69, 9.17) is 25.1 Å². The Kier molecular flexibility index (Phi) is 6.67. The molecule has 0 unspecified atom stereocenters. The van der Waals surface area contributed by atoms with Gasteiger partial charge < -0.3 is 34.9 Å².